The van der Waals surface area contributed by atoms with Crippen LogP contribution in [0.3, 0.4) is 0 Å². The SMILES string of the molecule is CC(C)(C)c1ccc([C@@H](O)C2(CN)CCOCC2)cc1. The van der Waals surface area contributed by atoms with Crippen molar-refractivity contribution < 1.29 is 9.84 Å². The van der Waals surface area contributed by atoms with Crippen LogP contribution in [0.2, 0.25) is 0 Å². The number of aliphatic hydroxyl groups excluding tert-OH is 1. The van der Waals surface area contributed by atoms with Crippen molar-refractivity contribution in [3.05, 3.63) is 35.4 Å². The second-order valence-electron chi connectivity index (χ2n) is 6.95. The van der Waals surface area contributed by atoms with Crippen LogP contribution in [0.15, 0.2) is 24.3 Å². The highest BCUT2D eigenvalue weighted by Gasteiger charge is 2.39. The minimum absolute atomic E-state index is 0.133. The Kier molecular flexibility index (Phi) is 4.52. The van der Waals surface area contributed by atoms with Crippen molar-refractivity contribution in [3.8, 4) is 0 Å². The van der Waals surface area contributed by atoms with Crippen LogP contribution in [-0.4, -0.2) is 24.9 Å². The molecule has 20 heavy (non-hydrogen) atoms. The standard InChI is InChI=1S/C17H27NO2/c1-16(2,3)14-6-4-13(5-7-14)15(19)17(12-18)8-10-20-11-9-17/h4-7,15,19H,8-12,18H2,1-3H3/t15-/m1/s1. The number of hydrogen-bond donors (Lipinski definition) is 2. The molecule has 1 aliphatic rings. The predicted molar refractivity (Wildman–Crippen MR) is 81.6 cm³/mol. The fourth-order valence-electron chi connectivity index (χ4n) is 2.89. The molecule has 3 N–H and O–H groups in total. The van der Waals surface area contributed by atoms with Gasteiger partial charge in [0, 0.05) is 25.2 Å². The molecule has 0 bridgehead atoms. The highest BCUT2D eigenvalue weighted by atomic mass is 16.5. The van der Waals surface area contributed by atoms with E-state index in [2.05, 4.69) is 32.9 Å². The molecule has 0 aromatic heterocycles. The summed E-state index contributed by atoms with van der Waals surface area (Å²) in [6.45, 7) is 8.45. The van der Waals surface area contributed by atoms with E-state index in [1.807, 2.05) is 12.1 Å². The van der Waals surface area contributed by atoms with Crippen molar-refractivity contribution in [3.63, 3.8) is 0 Å². The summed E-state index contributed by atoms with van der Waals surface area (Å²) in [7, 11) is 0. The van der Waals surface area contributed by atoms with E-state index in [0.29, 0.717) is 19.8 Å². The summed E-state index contributed by atoms with van der Waals surface area (Å²) in [6.07, 6.45) is 1.14. The maximum atomic E-state index is 10.8. The third-order valence-corrected chi connectivity index (χ3v) is 4.57. The van der Waals surface area contributed by atoms with Gasteiger partial charge >= 0.3 is 0 Å². The van der Waals surface area contributed by atoms with E-state index in [1.54, 1.807) is 0 Å². The van der Waals surface area contributed by atoms with Crippen LogP contribution in [-0.2, 0) is 10.2 Å². The highest BCUT2D eigenvalue weighted by molar-refractivity contribution is 5.29. The lowest BCUT2D eigenvalue weighted by Gasteiger charge is -2.40. The highest BCUT2D eigenvalue weighted by Crippen LogP contribution is 2.41. The summed E-state index contributed by atoms with van der Waals surface area (Å²) in [5.74, 6) is 0. The Bertz CT molecular complexity index is 427. The zero-order chi connectivity index (χ0) is 14.8. The van der Waals surface area contributed by atoms with E-state index in [9.17, 15) is 5.11 Å². The number of rotatable bonds is 3. The van der Waals surface area contributed by atoms with Gasteiger partial charge in [0.2, 0.25) is 0 Å². The number of ether oxygens (including phenoxy) is 1. The Morgan fingerprint density at radius 2 is 1.75 bits per heavy atom. The van der Waals surface area contributed by atoms with Crippen molar-refractivity contribution in [2.24, 2.45) is 11.1 Å². The average molecular weight is 277 g/mol. The van der Waals surface area contributed by atoms with Crippen molar-refractivity contribution in [1.29, 1.82) is 0 Å². The first-order valence-corrected chi connectivity index (χ1v) is 7.45. The lowest BCUT2D eigenvalue weighted by atomic mass is 9.72. The molecule has 1 heterocycles. The fourth-order valence-corrected chi connectivity index (χ4v) is 2.89. The Balaban J connectivity index is 2.21. The molecule has 3 nitrogen and oxygen atoms in total. The van der Waals surface area contributed by atoms with Gasteiger partial charge < -0.3 is 15.6 Å². The van der Waals surface area contributed by atoms with Gasteiger partial charge in [0.1, 0.15) is 0 Å². The topological polar surface area (TPSA) is 55.5 Å². The molecule has 0 spiro atoms. The molecule has 0 radical (unpaired) electrons. The van der Waals surface area contributed by atoms with Gasteiger partial charge in [0.05, 0.1) is 6.10 Å². The first-order valence-electron chi connectivity index (χ1n) is 7.45. The second-order valence-corrected chi connectivity index (χ2v) is 6.95. The van der Waals surface area contributed by atoms with Crippen LogP contribution in [0, 0.1) is 5.41 Å². The molecule has 1 aromatic rings. The molecule has 1 fully saturated rings. The van der Waals surface area contributed by atoms with Gasteiger partial charge in [-0.3, -0.25) is 0 Å². The molecule has 0 aliphatic carbocycles. The molecular weight excluding hydrogens is 250 g/mol. The van der Waals surface area contributed by atoms with E-state index in [1.165, 1.54) is 5.56 Å². The van der Waals surface area contributed by atoms with Gasteiger partial charge in [0.25, 0.3) is 0 Å². The Labute approximate surface area is 122 Å². The van der Waals surface area contributed by atoms with E-state index in [0.717, 1.165) is 18.4 Å². The summed E-state index contributed by atoms with van der Waals surface area (Å²) >= 11 is 0. The van der Waals surface area contributed by atoms with Crippen LogP contribution in [0.1, 0.15) is 50.8 Å². The fraction of sp³-hybridized carbons (Fsp3) is 0.647. The monoisotopic (exact) mass is 277 g/mol. The molecule has 1 aromatic carbocycles. The second kappa shape index (κ2) is 5.84. The smallest absolute Gasteiger partial charge is 0.0860 e. The molecule has 1 atom stereocenters. The van der Waals surface area contributed by atoms with E-state index < -0.39 is 6.10 Å². The first kappa shape index (κ1) is 15.5. The summed E-state index contributed by atoms with van der Waals surface area (Å²) in [6, 6.07) is 8.31. The molecule has 112 valence electrons. The Hall–Kier alpha value is -0.900. The first-order chi connectivity index (χ1) is 9.39. The van der Waals surface area contributed by atoms with Crippen molar-refractivity contribution >= 4 is 0 Å². The zero-order valence-electron chi connectivity index (χ0n) is 12.9. The molecule has 0 saturated carbocycles. The molecule has 0 amide bonds. The lowest BCUT2D eigenvalue weighted by molar-refractivity contribution is -0.0581. The Morgan fingerprint density at radius 3 is 2.20 bits per heavy atom. The quantitative estimate of drug-likeness (QED) is 0.893. The number of nitrogens with two attached hydrogens (primary N) is 1. The number of aliphatic hydroxyl groups is 1. The minimum atomic E-state index is -0.509. The average Bonchev–Trinajstić information content (AvgIpc) is 2.46. The van der Waals surface area contributed by atoms with E-state index >= 15 is 0 Å². The molecule has 0 unspecified atom stereocenters. The predicted octanol–water partition coefficient (Wildman–Crippen LogP) is 2.77. The third kappa shape index (κ3) is 3.05. The summed E-state index contributed by atoms with van der Waals surface area (Å²) in [5.41, 5.74) is 8.10. The molecule has 1 aliphatic heterocycles. The zero-order valence-corrected chi connectivity index (χ0v) is 12.9. The van der Waals surface area contributed by atoms with Gasteiger partial charge in [-0.15, -0.1) is 0 Å². The molecule has 3 heteroatoms. The van der Waals surface area contributed by atoms with E-state index in [-0.39, 0.29) is 10.8 Å². The Morgan fingerprint density at radius 1 is 1.20 bits per heavy atom. The normalized spacial score (nSPS) is 20.6. The van der Waals surface area contributed by atoms with Crippen LogP contribution in [0.4, 0.5) is 0 Å². The largest absolute Gasteiger partial charge is 0.388 e. The van der Waals surface area contributed by atoms with Crippen LogP contribution in [0.25, 0.3) is 0 Å². The lowest BCUT2D eigenvalue weighted by Crippen LogP contribution is -2.41. The van der Waals surface area contributed by atoms with Gasteiger partial charge in [0.15, 0.2) is 0 Å². The number of hydrogen-bond acceptors (Lipinski definition) is 3. The molecular formula is C17H27NO2. The molecule has 1 saturated heterocycles. The van der Waals surface area contributed by atoms with Gasteiger partial charge in [-0.05, 0) is 29.4 Å². The van der Waals surface area contributed by atoms with E-state index in [4.69, 9.17) is 10.5 Å². The summed E-state index contributed by atoms with van der Waals surface area (Å²) in [4.78, 5) is 0. The van der Waals surface area contributed by atoms with Crippen molar-refractivity contribution in [2.45, 2.75) is 45.1 Å². The minimum Gasteiger partial charge on any atom is -0.388 e. The van der Waals surface area contributed by atoms with Gasteiger partial charge in [-0.25, -0.2) is 0 Å². The van der Waals surface area contributed by atoms with Crippen LogP contribution >= 0.6 is 0 Å². The molecule has 2 rings (SSSR count). The maximum Gasteiger partial charge on any atom is 0.0860 e. The van der Waals surface area contributed by atoms with Crippen LogP contribution < -0.4 is 5.73 Å². The summed E-state index contributed by atoms with van der Waals surface area (Å²) < 4.78 is 5.41. The maximum absolute atomic E-state index is 10.8. The van der Waals surface area contributed by atoms with Gasteiger partial charge in [-0.2, -0.15) is 0 Å². The number of benzene rings is 1. The third-order valence-electron chi connectivity index (χ3n) is 4.57. The summed E-state index contributed by atoms with van der Waals surface area (Å²) in [5, 5.41) is 10.8. The van der Waals surface area contributed by atoms with Gasteiger partial charge in [-0.1, -0.05) is 45.0 Å². The van der Waals surface area contributed by atoms with Crippen LogP contribution in [0.5, 0.6) is 0 Å². The van der Waals surface area contributed by atoms with Crippen molar-refractivity contribution in [1.82, 2.24) is 0 Å². The van der Waals surface area contributed by atoms with Crippen molar-refractivity contribution in [2.75, 3.05) is 19.8 Å².